The summed E-state index contributed by atoms with van der Waals surface area (Å²) >= 11 is 0. The molecule has 0 radical (unpaired) electrons. The second-order valence-corrected chi connectivity index (χ2v) is 19.0. The Kier molecular flexibility index (Phi) is 45.7. The van der Waals surface area contributed by atoms with Crippen LogP contribution in [0.3, 0.4) is 0 Å². The molecule has 0 aliphatic rings. The average Bonchev–Trinajstić information content (AvgIpc) is 3.25. The van der Waals surface area contributed by atoms with Gasteiger partial charge < -0.3 is 14.2 Å². The molecule has 0 aliphatic heterocycles. The van der Waals surface area contributed by atoms with Gasteiger partial charge in [0.15, 0.2) is 6.10 Å². The molecule has 0 rings (SSSR count). The standard InChI is InChI=1S/C54H104O6/c1-6-9-10-11-12-13-25-28-34-39-44-52(55)58-47-51(60-54(57)46-41-36-31-30-33-38-43-50(5)8-3)48-59-53(56)45-40-35-29-26-23-21-19-17-15-14-16-18-20-22-24-27-32-37-42-49(4)7-2/h49-51H,6-48H2,1-5H3/t49?,50?,51-/m0/s1. The van der Waals surface area contributed by atoms with Crippen LogP contribution in [0, 0.1) is 11.8 Å². The molecule has 0 heterocycles. The molecule has 0 aromatic carbocycles. The van der Waals surface area contributed by atoms with Crippen molar-refractivity contribution in [1.82, 2.24) is 0 Å². The second-order valence-electron chi connectivity index (χ2n) is 19.0. The maximum absolute atomic E-state index is 12.7. The summed E-state index contributed by atoms with van der Waals surface area (Å²) in [7, 11) is 0. The van der Waals surface area contributed by atoms with Gasteiger partial charge in [0, 0.05) is 19.3 Å². The van der Waals surface area contributed by atoms with Gasteiger partial charge in [-0.2, -0.15) is 0 Å². The average molecular weight is 849 g/mol. The van der Waals surface area contributed by atoms with Crippen molar-refractivity contribution in [2.45, 2.75) is 304 Å². The van der Waals surface area contributed by atoms with Gasteiger partial charge in [-0.3, -0.25) is 14.4 Å². The van der Waals surface area contributed by atoms with Crippen LogP contribution in [0.5, 0.6) is 0 Å². The Morgan fingerprint density at radius 1 is 0.333 bits per heavy atom. The van der Waals surface area contributed by atoms with E-state index in [1.54, 1.807) is 0 Å². The smallest absolute Gasteiger partial charge is 0.306 e. The van der Waals surface area contributed by atoms with Crippen LogP contribution in [0.15, 0.2) is 0 Å². The van der Waals surface area contributed by atoms with Crippen LogP contribution in [0.25, 0.3) is 0 Å². The highest BCUT2D eigenvalue weighted by Gasteiger charge is 2.19. The van der Waals surface area contributed by atoms with E-state index < -0.39 is 6.10 Å². The third kappa shape index (κ3) is 44.5. The molecule has 0 saturated carbocycles. The van der Waals surface area contributed by atoms with Crippen LogP contribution in [-0.2, 0) is 28.6 Å². The van der Waals surface area contributed by atoms with Gasteiger partial charge >= 0.3 is 17.9 Å². The van der Waals surface area contributed by atoms with Crippen molar-refractivity contribution < 1.29 is 28.6 Å². The third-order valence-electron chi connectivity index (χ3n) is 12.9. The van der Waals surface area contributed by atoms with Crippen LogP contribution in [0.2, 0.25) is 0 Å². The molecule has 0 fully saturated rings. The molecule has 0 amide bonds. The first kappa shape index (κ1) is 58.4. The lowest BCUT2D eigenvalue weighted by Crippen LogP contribution is -2.30. The Morgan fingerprint density at radius 3 is 0.867 bits per heavy atom. The summed E-state index contributed by atoms with van der Waals surface area (Å²) < 4.78 is 16.8. The van der Waals surface area contributed by atoms with Crippen molar-refractivity contribution in [2.75, 3.05) is 13.2 Å². The van der Waals surface area contributed by atoms with E-state index in [-0.39, 0.29) is 31.1 Å². The molecule has 0 aliphatic carbocycles. The maximum Gasteiger partial charge on any atom is 0.306 e. The topological polar surface area (TPSA) is 78.9 Å². The normalized spacial score (nSPS) is 12.9. The fraction of sp³-hybridized carbons (Fsp3) is 0.944. The number of ether oxygens (including phenoxy) is 3. The summed E-state index contributed by atoms with van der Waals surface area (Å²) in [5, 5.41) is 0. The van der Waals surface area contributed by atoms with Crippen LogP contribution >= 0.6 is 0 Å². The van der Waals surface area contributed by atoms with Crippen LogP contribution in [0.1, 0.15) is 298 Å². The van der Waals surface area contributed by atoms with Crippen molar-refractivity contribution in [2.24, 2.45) is 11.8 Å². The highest BCUT2D eigenvalue weighted by Crippen LogP contribution is 2.18. The van der Waals surface area contributed by atoms with Gasteiger partial charge in [-0.1, -0.05) is 259 Å². The molecule has 0 aromatic rings. The van der Waals surface area contributed by atoms with Crippen molar-refractivity contribution >= 4 is 17.9 Å². The lowest BCUT2D eigenvalue weighted by Gasteiger charge is -2.18. The quantitative estimate of drug-likeness (QED) is 0.0345. The minimum atomic E-state index is -0.761. The summed E-state index contributed by atoms with van der Waals surface area (Å²) in [4.78, 5) is 37.9. The van der Waals surface area contributed by atoms with Gasteiger partial charge in [0.2, 0.25) is 0 Å². The summed E-state index contributed by atoms with van der Waals surface area (Å²) in [6.45, 7) is 11.4. The molecule has 356 valence electrons. The molecule has 6 heteroatoms. The first-order valence-corrected chi connectivity index (χ1v) is 26.8. The van der Waals surface area contributed by atoms with E-state index in [0.29, 0.717) is 19.3 Å². The fourth-order valence-electron chi connectivity index (χ4n) is 8.10. The van der Waals surface area contributed by atoms with Crippen molar-refractivity contribution in [3.63, 3.8) is 0 Å². The van der Waals surface area contributed by atoms with Crippen LogP contribution < -0.4 is 0 Å². The highest BCUT2D eigenvalue weighted by molar-refractivity contribution is 5.71. The van der Waals surface area contributed by atoms with E-state index in [2.05, 4.69) is 34.6 Å². The Balaban J connectivity index is 4.15. The monoisotopic (exact) mass is 849 g/mol. The molecule has 6 nitrogen and oxygen atoms in total. The molecular formula is C54H104O6. The zero-order valence-electron chi connectivity index (χ0n) is 41.1. The number of hydrogen-bond donors (Lipinski definition) is 0. The third-order valence-corrected chi connectivity index (χ3v) is 12.9. The van der Waals surface area contributed by atoms with Gasteiger partial charge in [-0.15, -0.1) is 0 Å². The van der Waals surface area contributed by atoms with Gasteiger partial charge in [0.05, 0.1) is 0 Å². The van der Waals surface area contributed by atoms with Gasteiger partial charge in [0.1, 0.15) is 13.2 Å². The zero-order chi connectivity index (χ0) is 44.0. The molecule has 0 aromatic heterocycles. The van der Waals surface area contributed by atoms with Gasteiger partial charge in [-0.05, 0) is 31.1 Å². The number of hydrogen-bond acceptors (Lipinski definition) is 6. The molecule has 3 atom stereocenters. The second kappa shape index (κ2) is 46.9. The van der Waals surface area contributed by atoms with Crippen LogP contribution in [0.4, 0.5) is 0 Å². The molecule has 0 N–H and O–H groups in total. The predicted molar refractivity (Wildman–Crippen MR) is 256 cm³/mol. The van der Waals surface area contributed by atoms with Crippen molar-refractivity contribution in [1.29, 1.82) is 0 Å². The van der Waals surface area contributed by atoms with E-state index in [4.69, 9.17) is 14.2 Å². The number of carbonyl (C=O) groups excluding carboxylic acids is 3. The summed E-state index contributed by atoms with van der Waals surface area (Å²) in [5.41, 5.74) is 0. The first-order chi connectivity index (χ1) is 29.3. The Labute approximate surface area is 374 Å². The summed E-state index contributed by atoms with van der Waals surface area (Å²) in [5.74, 6) is 0.868. The number of unbranched alkanes of at least 4 members (excludes halogenated alkanes) is 31. The summed E-state index contributed by atoms with van der Waals surface area (Å²) in [6.07, 6.45) is 48.1. The molecule has 60 heavy (non-hydrogen) atoms. The Morgan fingerprint density at radius 2 is 0.583 bits per heavy atom. The van der Waals surface area contributed by atoms with E-state index in [1.807, 2.05) is 0 Å². The highest BCUT2D eigenvalue weighted by atomic mass is 16.6. The van der Waals surface area contributed by atoms with E-state index in [9.17, 15) is 14.4 Å². The number of rotatable bonds is 48. The first-order valence-electron chi connectivity index (χ1n) is 26.8. The Bertz CT molecular complexity index is 920. The lowest BCUT2D eigenvalue weighted by atomic mass is 9.99. The van der Waals surface area contributed by atoms with Gasteiger partial charge in [0.25, 0.3) is 0 Å². The van der Waals surface area contributed by atoms with E-state index >= 15 is 0 Å². The zero-order valence-corrected chi connectivity index (χ0v) is 41.1. The minimum absolute atomic E-state index is 0.0645. The minimum Gasteiger partial charge on any atom is -0.462 e. The molecule has 0 saturated heterocycles. The predicted octanol–water partition coefficient (Wildman–Crippen LogP) is 17.3. The Hall–Kier alpha value is -1.59. The van der Waals surface area contributed by atoms with E-state index in [0.717, 1.165) is 69.6 Å². The molecule has 0 bridgehead atoms. The van der Waals surface area contributed by atoms with Crippen molar-refractivity contribution in [3.8, 4) is 0 Å². The molecule has 2 unspecified atom stereocenters. The van der Waals surface area contributed by atoms with Crippen molar-refractivity contribution in [3.05, 3.63) is 0 Å². The number of esters is 3. The molecular weight excluding hydrogens is 745 g/mol. The fourth-order valence-corrected chi connectivity index (χ4v) is 8.10. The largest absolute Gasteiger partial charge is 0.462 e. The number of carbonyl (C=O) groups is 3. The summed E-state index contributed by atoms with van der Waals surface area (Å²) in [6, 6.07) is 0. The SMILES string of the molecule is CCCCCCCCCCCCC(=O)OC[C@@H](COC(=O)CCCCCCCCCCCCCCCCCCCCC(C)CC)OC(=O)CCCCCCCCC(C)CC. The van der Waals surface area contributed by atoms with Gasteiger partial charge in [-0.25, -0.2) is 0 Å². The lowest BCUT2D eigenvalue weighted by molar-refractivity contribution is -0.167. The maximum atomic E-state index is 12.7. The molecule has 0 spiro atoms. The van der Waals surface area contributed by atoms with E-state index in [1.165, 1.54) is 186 Å². The van der Waals surface area contributed by atoms with Crippen LogP contribution in [-0.4, -0.2) is 37.2 Å².